The lowest BCUT2D eigenvalue weighted by molar-refractivity contribution is -0.385. The molecule has 1 N–H and O–H groups in total. The van der Waals surface area contributed by atoms with E-state index in [2.05, 4.69) is 24.1 Å². The van der Waals surface area contributed by atoms with Crippen LogP contribution >= 0.6 is 11.3 Å². The van der Waals surface area contributed by atoms with E-state index in [0.717, 1.165) is 40.2 Å². The monoisotopic (exact) mass is 307 g/mol. The summed E-state index contributed by atoms with van der Waals surface area (Å²) < 4.78 is 0.887. The Labute approximate surface area is 128 Å². The molecule has 0 saturated carbocycles. The van der Waals surface area contributed by atoms with Crippen LogP contribution in [0.2, 0.25) is 0 Å². The zero-order valence-corrected chi connectivity index (χ0v) is 13.5. The number of nitro benzene ring substituents is 1. The fraction of sp³-hybridized carbons (Fsp3) is 0.533. The van der Waals surface area contributed by atoms with Gasteiger partial charge in [0.2, 0.25) is 0 Å². The molecule has 21 heavy (non-hydrogen) atoms. The first-order valence-corrected chi connectivity index (χ1v) is 8.14. The highest BCUT2D eigenvalue weighted by Gasteiger charge is 2.20. The van der Waals surface area contributed by atoms with E-state index in [1.54, 1.807) is 6.07 Å². The third-order valence-electron chi connectivity index (χ3n) is 3.49. The molecule has 0 fully saturated rings. The van der Waals surface area contributed by atoms with E-state index in [1.165, 1.54) is 11.3 Å². The van der Waals surface area contributed by atoms with Gasteiger partial charge < -0.3 is 5.32 Å². The highest BCUT2D eigenvalue weighted by atomic mass is 32.1. The van der Waals surface area contributed by atoms with Crippen molar-refractivity contribution in [3.8, 4) is 0 Å². The number of hydrogen-bond acceptors (Lipinski definition) is 5. The minimum absolute atomic E-state index is 0.213. The van der Waals surface area contributed by atoms with Gasteiger partial charge in [-0.2, -0.15) is 0 Å². The average molecular weight is 307 g/mol. The zero-order chi connectivity index (χ0) is 15.4. The van der Waals surface area contributed by atoms with Gasteiger partial charge in [0.05, 0.1) is 20.1 Å². The summed E-state index contributed by atoms with van der Waals surface area (Å²) in [6, 6.07) is 3.83. The number of likely N-dealkylation sites (N-methyl/N-ethyl adjacent to an activating group) is 1. The molecular weight excluding hydrogens is 286 g/mol. The maximum atomic E-state index is 11.3. The van der Waals surface area contributed by atoms with Gasteiger partial charge in [0.15, 0.2) is 0 Å². The Morgan fingerprint density at radius 1 is 1.43 bits per heavy atom. The molecule has 1 heterocycles. The minimum atomic E-state index is -0.279. The molecule has 0 spiro atoms. The van der Waals surface area contributed by atoms with Crippen LogP contribution in [-0.4, -0.2) is 22.5 Å². The minimum Gasteiger partial charge on any atom is -0.314 e. The number of thiazole rings is 1. The quantitative estimate of drug-likeness (QED) is 0.623. The molecule has 0 saturated heterocycles. The highest BCUT2D eigenvalue weighted by Crippen LogP contribution is 2.30. The fourth-order valence-corrected chi connectivity index (χ4v) is 3.48. The van der Waals surface area contributed by atoms with Crippen molar-refractivity contribution in [3.63, 3.8) is 0 Å². The predicted octanol–water partition coefficient (Wildman–Crippen LogP) is 3.83. The van der Waals surface area contributed by atoms with Crippen LogP contribution in [-0.2, 0) is 6.42 Å². The summed E-state index contributed by atoms with van der Waals surface area (Å²) in [5.74, 6) is 0. The molecule has 1 aromatic carbocycles. The van der Waals surface area contributed by atoms with Crippen molar-refractivity contribution >= 4 is 27.2 Å². The van der Waals surface area contributed by atoms with Crippen molar-refractivity contribution in [3.05, 3.63) is 32.8 Å². The highest BCUT2D eigenvalue weighted by molar-refractivity contribution is 7.18. The lowest BCUT2D eigenvalue weighted by Gasteiger charge is -2.17. The Kier molecular flexibility index (Phi) is 5.25. The standard InChI is InChI=1S/C15H21N3O2S/c1-4-6-12(16-5-2)7-11-8-13-15(21-10(3)17-13)9-14(11)18(19)20/h8-9,12,16H,4-7H2,1-3H3. The fourth-order valence-electron chi connectivity index (χ4n) is 2.63. The summed E-state index contributed by atoms with van der Waals surface area (Å²) in [7, 11) is 0. The Balaban J connectivity index is 2.39. The maximum absolute atomic E-state index is 11.3. The third kappa shape index (κ3) is 3.77. The molecule has 2 aromatic rings. The molecule has 2 rings (SSSR count). The van der Waals surface area contributed by atoms with Crippen molar-refractivity contribution in [1.82, 2.24) is 10.3 Å². The van der Waals surface area contributed by atoms with E-state index in [1.807, 2.05) is 13.0 Å². The number of aryl methyl sites for hydroxylation is 1. The molecule has 0 aliphatic heterocycles. The number of rotatable bonds is 7. The van der Waals surface area contributed by atoms with Gasteiger partial charge >= 0.3 is 0 Å². The van der Waals surface area contributed by atoms with E-state index < -0.39 is 0 Å². The lowest BCUT2D eigenvalue weighted by atomic mass is 10.00. The van der Waals surface area contributed by atoms with Crippen molar-refractivity contribution < 1.29 is 4.92 Å². The first-order chi connectivity index (χ1) is 10.0. The summed E-state index contributed by atoms with van der Waals surface area (Å²) in [6.07, 6.45) is 2.74. The maximum Gasteiger partial charge on any atom is 0.274 e. The van der Waals surface area contributed by atoms with Gasteiger partial charge in [-0.3, -0.25) is 10.1 Å². The van der Waals surface area contributed by atoms with Gasteiger partial charge in [-0.25, -0.2) is 4.98 Å². The van der Waals surface area contributed by atoms with E-state index in [0.29, 0.717) is 6.42 Å². The van der Waals surface area contributed by atoms with Crippen LogP contribution in [0.4, 0.5) is 5.69 Å². The zero-order valence-electron chi connectivity index (χ0n) is 12.7. The van der Waals surface area contributed by atoms with Crippen molar-refractivity contribution in [2.75, 3.05) is 6.54 Å². The number of nitrogens with one attached hydrogen (secondary N) is 1. The molecule has 0 aliphatic carbocycles. The Bertz CT molecular complexity index is 633. The molecule has 114 valence electrons. The van der Waals surface area contributed by atoms with Gasteiger partial charge in [0, 0.05) is 17.7 Å². The van der Waals surface area contributed by atoms with E-state index in [9.17, 15) is 10.1 Å². The number of fused-ring (bicyclic) bond motifs is 1. The van der Waals surface area contributed by atoms with Crippen LogP contribution in [0, 0.1) is 17.0 Å². The van der Waals surface area contributed by atoms with Crippen LogP contribution < -0.4 is 5.32 Å². The average Bonchev–Trinajstić information content (AvgIpc) is 2.77. The Hall–Kier alpha value is -1.53. The molecule has 0 aliphatic rings. The number of aromatic nitrogens is 1. The molecule has 0 radical (unpaired) electrons. The Morgan fingerprint density at radius 3 is 2.81 bits per heavy atom. The van der Waals surface area contributed by atoms with Gasteiger partial charge in [0.1, 0.15) is 0 Å². The molecule has 0 amide bonds. The number of nitro groups is 1. The van der Waals surface area contributed by atoms with Gasteiger partial charge in [-0.05, 0) is 32.4 Å². The van der Waals surface area contributed by atoms with E-state index in [-0.39, 0.29) is 16.7 Å². The molecule has 1 unspecified atom stereocenters. The van der Waals surface area contributed by atoms with Crippen LogP contribution in [0.5, 0.6) is 0 Å². The number of hydrogen-bond donors (Lipinski definition) is 1. The van der Waals surface area contributed by atoms with Crippen LogP contribution in [0.3, 0.4) is 0 Å². The molecule has 1 aromatic heterocycles. The largest absolute Gasteiger partial charge is 0.314 e. The van der Waals surface area contributed by atoms with Crippen molar-refractivity contribution in [2.24, 2.45) is 0 Å². The summed E-state index contributed by atoms with van der Waals surface area (Å²) in [5, 5.41) is 15.7. The number of benzene rings is 1. The Morgan fingerprint density at radius 2 is 2.19 bits per heavy atom. The SMILES string of the molecule is CCCC(Cc1cc2nc(C)sc2cc1[N+](=O)[O-])NCC. The predicted molar refractivity (Wildman–Crippen MR) is 87.1 cm³/mol. The second kappa shape index (κ2) is 6.95. The first kappa shape index (κ1) is 15.9. The van der Waals surface area contributed by atoms with E-state index in [4.69, 9.17) is 0 Å². The lowest BCUT2D eigenvalue weighted by Crippen LogP contribution is -2.31. The van der Waals surface area contributed by atoms with Crippen molar-refractivity contribution in [1.29, 1.82) is 0 Å². The first-order valence-electron chi connectivity index (χ1n) is 7.33. The molecule has 0 bridgehead atoms. The van der Waals surface area contributed by atoms with Crippen LogP contribution in [0.1, 0.15) is 37.3 Å². The van der Waals surface area contributed by atoms with Gasteiger partial charge in [-0.15, -0.1) is 11.3 Å². The summed E-state index contributed by atoms with van der Waals surface area (Å²) in [6.45, 7) is 6.99. The molecule has 6 heteroatoms. The second-order valence-corrected chi connectivity index (χ2v) is 6.42. The number of nitrogens with zero attached hydrogens (tertiary/aromatic N) is 2. The third-order valence-corrected chi connectivity index (χ3v) is 4.42. The normalized spacial score (nSPS) is 12.7. The smallest absolute Gasteiger partial charge is 0.274 e. The molecule has 5 nitrogen and oxygen atoms in total. The van der Waals surface area contributed by atoms with Crippen LogP contribution in [0.25, 0.3) is 10.2 Å². The second-order valence-electron chi connectivity index (χ2n) is 5.19. The van der Waals surface area contributed by atoms with Gasteiger partial charge in [-0.1, -0.05) is 20.3 Å². The summed E-state index contributed by atoms with van der Waals surface area (Å²) >= 11 is 1.50. The molecular formula is C15H21N3O2S. The summed E-state index contributed by atoms with van der Waals surface area (Å²) in [4.78, 5) is 15.5. The molecule has 1 atom stereocenters. The summed E-state index contributed by atoms with van der Waals surface area (Å²) in [5.41, 5.74) is 1.85. The van der Waals surface area contributed by atoms with E-state index >= 15 is 0 Å². The van der Waals surface area contributed by atoms with Gasteiger partial charge in [0.25, 0.3) is 5.69 Å². The van der Waals surface area contributed by atoms with Crippen LogP contribution in [0.15, 0.2) is 12.1 Å². The van der Waals surface area contributed by atoms with Crippen molar-refractivity contribution in [2.45, 2.75) is 46.1 Å². The topological polar surface area (TPSA) is 68.1 Å².